The first-order valence-electron chi connectivity index (χ1n) is 38.3. The van der Waals surface area contributed by atoms with Crippen molar-refractivity contribution in [3.05, 3.63) is 280 Å². The summed E-state index contributed by atoms with van der Waals surface area (Å²) in [6, 6.07) is 55.6. The number of hydrogen-bond donors (Lipinski definition) is 0. The summed E-state index contributed by atoms with van der Waals surface area (Å²) in [5, 5.41) is 0. The predicted molar refractivity (Wildman–Crippen MR) is 443 cm³/mol. The van der Waals surface area contributed by atoms with Crippen LogP contribution in [0.1, 0.15) is 187 Å². The molecule has 0 spiro atoms. The fraction of sp³-hybridized carbons (Fsp3) is 0.333. The minimum Gasteiger partial charge on any atom is -0.454 e. The zero-order valence-electron chi connectivity index (χ0n) is 62.5. The molecule has 0 unspecified atom stereocenters. The van der Waals surface area contributed by atoms with Crippen LogP contribution in [0.2, 0.25) is 0 Å². The summed E-state index contributed by atoms with van der Waals surface area (Å²) in [6.07, 6.45) is 29.7. The van der Waals surface area contributed by atoms with Gasteiger partial charge in [-0.1, -0.05) is 238 Å². The molecule has 0 aliphatic heterocycles. The van der Waals surface area contributed by atoms with Gasteiger partial charge in [0.2, 0.25) is 0 Å². The Morgan fingerprint density at radius 3 is 0.783 bits per heavy atom. The summed E-state index contributed by atoms with van der Waals surface area (Å²) in [5.74, 6) is -0.977. The van der Waals surface area contributed by atoms with Crippen molar-refractivity contribution >= 4 is 46.6 Å². The Hall–Kier alpha value is -9.48. The van der Waals surface area contributed by atoms with Gasteiger partial charge in [-0.3, -0.25) is 19.2 Å². The Kier molecular flexibility index (Phi) is 28.9. The molecule has 2 aliphatic carbocycles. The lowest BCUT2D eigenvalue weighted by atomic mass is 9.69. The normalized spacial score (nSPS) is 12.8. The summed E-state index contributed by atoms with van der Waals surface area (Å²) in [5.41, 5.74) is 19.3. The zero-order chi connectivity index (χ0) is 75.0. The van der Waals surface area contributed by atoms with Gasteiger partial charge in [-0.05, 0) is 240 Å². The van der Waals surface area contributed by atoms with Gasteiger partial charge in [0.1, 0.15) is 24.4 Å². The van der Waals surface area contributed by atoms with E-state index in [1.807, 2.05) is 22.7 Å². The number of esters is 4. The highest BCUT2D eigenvalue weighted by Gasteiger charge is 2.45. The number of rotatable bonds is 45. The number of benzene rings is 6. The lowest BCUT2D eigenvalue weighted by Gasteiger charge is -2.34. The third-order valence-corrected chi connectivity index (χ3v) is 23.7. The third-order valence-electron chi connectivity index (χ3n) is 21.4. The van der Waals surface area contributed by atoms with Crippen LogP contribution in [0, 0.1) is 13.8 Å². The number of ether oxygens (including phenoxy) is 4. The molecule has 0 bridgehead atoms. The molecule has 8 aromatic rings. The van der Waals surface area contributed by atoms with Gasteiger partial charge in [-0.2, -0.15) is 0 Å². The van der Waals surface area contributed by atoms with Crippen molar-refractivity contribution in [2.24, 2.45) is 0 Å². The SMILES string of the molecule is C=CC(C=C)OC(=O)CCCCCCCC1(CCCCCCCC(=O)OC(C=C)C=C)c2cc(-c3ccc4c(c3)C(CCCCCC(=O)OC(C=C)C=C)(CCCCCC(=O)OC(C=C)C=C)c3cc(-c5ccc(-c6ccc(C)cc6)s5)ccc3-4)ccc2-c2ccc(-c3ccc(-c4ccc(C)cc4)s3)cc21. The van der Waals surface area contributed by atoms with E-state index in [1.54, 1.807) is 48.6 Å². The van der Waals surface area contributed by atoms with Gasteiger partial charge < -0.3 is 18.9 Å². The van der Waals surface area contributed by atoms with Crippen molar-refractivity contribution in [3.63, 3.8) is 0 Å². The molecule has 2 aromatic heterocycles. The van der Waals surface area contributed by atoms with Crippen molar-refractivity contribution in [2.75, 3.05) is 0 Å². The van der Waals surface area contributed by atoms with Gasteiger partial charge >= 0.3 is 23.9 Å². The molecule has 106 heavy (non-hydrogen) atoms. The topological polar surface area (TPSA) is 105 Å². The smallest absolute Gasteiger partial charge is 0.306 e. The maximum atomic E-state index is 13.2. The first kappa shape index (κ1) is 79.1. The minimum atomic E-state index is -0.531. The largest absolute Gasteiger partial charge is 0.454 e. The lowest BCUT2D eigenvalue weighted by molar-refractivity contribution is -0.146. The summed E-state index contributed by atoms with van der Waals surface area (Å²) in [4.78, 5) is 57.0. The van der Waals surface area contributed by atoms with Gasteiger partial charge in [0, 0.05) is 56.0 Å². The molecule has 0 fully saturated rings. The standard InChI is InChI=1S/C96H106O8S2/c1-11-75(12-2)101-91(97)35-27-21-19-23-31-59-95(60-32-24-20-22-28-36-92(98)102-76(13-3)14-4)83-63-71(47-51-79(83)81-53-49-73(65-85(81)95)89-57-55-87(105-89)69-43-39-67(9)40-44-69)72-48-52-80-82-54-50-74(90-58-56-88(106-90)70-45-41-68(10)42-46-70)66-86(82)96(84(80)64-72,61-33-25-29-37-93(99)103-77(15-5)16-6)62-34-26-30-38-94(100)104-78(17-7)18-8/h11-18,39-58,63-66,75-78H,1-8,19-38,59-62H2,9-10H3. The minimum absolute atomic E-state index is 0.230. The molecule has 2 heterocycles. The van der Waals surface area contributed by atoms with Gasteiger partial charge in [-0.25, -0.2) is 0 Å². The number of carbonyl (C=O) groups excluding carboxylic acids is 4. The number of carbonyl (C=O) groups is 4. The second-order valence-corrected chi connectivity index (χ2v) is 30.8. The zero-order valence-corrected chi connectivity index (χ0v) is 64.1. The second kappa shape index (κ2) is 38.7. The van der Waals surface area contributed by atoms with E-state index in [2.05, 4.69) is 212 Å². The Balaban J connectivity index is 1.04. The van der Waals surface area contributed by atoms with E-state index in [0.717, 1.165) is 121 Å². The van der Waals surface area contributed by atoms with E-state index in [9.17, 15) is 19.2 Å². The highest BCUT2D eigenvalue weighted by Crippen LogP contribution is 2.59. The van der Waals surface area contributed by atoms with Crippen molar-refractivity contribution in [2.45, 2.75) is 203 Å². The monoisotopic (exact) mass is 1450 g/mol. The molecule has 6 aromatic carbocycles. The molecule has 0 saturated carbocycles. The molecule has 0 amide bonds. The van der Waals surface area contributed by atoms with Crippen LogP contribution in [0.25, 0.3) is 75.1 Å². The molecular formula is C96H106O8S2. The number of hydrogen-bond acceptors (Lipinski definition) is 10. The van der Waals surface area contributed by atoms with E-state index in [0.29, 0.717) is 38.5 Å². The van der Waals surface area contributed by atoms with Gasteiger partial charge in [-0.15, -0.1) is 22.7 Å². The average Bonchev–Trinajstić information content (AvgIpc) is 1.56. The van der Waals surface area contributed by atoms with E-state index in [4.69, 9.17) is 18.9 Å². The molecule has 2 aliphatic rings. The van der Waals surface area contributed by atoms with E-state index in [1.165, 1.54) is 103 Å². The maximum absolute atomic E-state index is 13.2. The van der Waals surface area contributed by atoms with Crippen LogP contribution in [0.3, 0.4) is 0 Å². The molecular weight excluding hydrogens is 1350 g/mol. The lowest BCUT2D eigenvalue weighted by Crippen LogP contribution is -2.26. The highest BCUT2D eigenvalue weighted by molar-refractivity contribution is 7.19. The average molecular weight is 1450 g/mol. The predicted octanol–water partition coefficient (Wildman–Crippen LogP) is 25.8. The molecule has 0 atom stereocenters. The number of thiophene rings is 2. The van der Waals surface area contributed by atoms with E-state index >= 15 is 0 Å². The van der Waals surface area contributed by atoms with Crippen molar-refractivity contribution < 1.29 is 38.1 Å². The molecule has 0 saturated heterocycles. The highest BCUT2D eigenvalue weighted by atomic mass is 32.1. The van der Waals surface area contributed by atoms with Crippen LogP contribution in [-0.2, 0) is 49.0 Å². The molecule has 8 nitrogen and oxygen atoms in total. The summed E-state index contributed by atoms with van der Waals surface area (Å²) < 4.78 is 22.5. The van der Waals surface area contributed by atoms with E-state index in [-0.39, 0.29) is 29.3 Å². The van der Waals surface area contributed by atoms with Crippen LogP contribution in [0.4, 0.5) is 0 Å². The molecule has 10 heteroatoms. The Morgan fingerprint density at radius 2 is 0.509 bits per heavy atom. The maximum Gasteiger partial charge on any atom is 0.306 e. The summed E-state index contributed by atoms with van der Waals surface area (Å²) >= 11 is 3.66. The number of unbranched alkanes of at least 4 members (excludes halogenated alkanes) is 12. The van der Waals surface area contributed by atoms with Crippen LogP contribution >= 0.6 is 22.7 Å². The van der Waals surface area contributed by atoms with Crippen LogP contribution in [0.5, 0.6) is 0 Å². The first-order valence-corrected chi connectivity index (χ1v) is 40.0. The molecule has 550 valence electrons. The fourth-order valence-corrected chi connectivity index (χ4v) is 17.5. The van der Waals surface area contributed by atoms with Crippen molar-refractivity contribution in [1.29, 1.82) is 0 Å². The molecule has 10 rings (SSSR count). The molecule has 0 N–H and O–H groups in total. The van der Waals surface area contributed by atoms with Gasteiger partial charge in [0.25, 0.3) is 0 Å². The van der Waals surface area contributed by atoms with Crippen LogP contribution in [-0.4, -0.2) is 48.3 Å². The Morgan fingerprint density at radius 1 is 0.292 bits per heavy atom. The first-order chi connectivity index (χ1) is 51.6. The fourth-order valence-electron chi connectivity index (χ4n) is 15.5. The number of aryl methyl sites for hydroxylation is 2. The Labute approximate surface area is 639 Å². The third kappa shape index (κ3) is 19.8. The van der Waals surface area contributed by atoms with Gasteiger partial charge in [0.15, 0.2) is 0 Å². The second-order valence-electron chi connectivity index (χ2n) is 28.6. The Bertz CT molecular complexity index is 4300. The summed E-state index contributed by atoms with van der Waals surface area (Å²) in [7, 11) is 0. The van der Waals surface area contributed by atoms with Crippen molar-refractivity contribution in [3.8, 4) is 75.1 Å². The summed E-state index contributed by atoms with van der Waals surface area (Å²) in [6.45, 7) is 34.7. The van der Waals surface area contributed by atoms with E-state index < -0.39 is 29.8 Å². The van der Waals surface area contributed by atoms with Crippen LogP contribution in [0.15, 0.2) is 247 Å². The molecule has 0 radical (unpaired) electrons. The van der Waals surface area contributed by atoms with Crippen molar-refractivity contribution in [1.82, 2.24) is 0 Å². The number of fused-ring (bicyclic) bond motifs is 6. The quantitative estimate of drug-likeness (QED) is 0.0161. The van der Waals surface area contributed by atoms with Gasteiger partial charge in [0.05, 0.1) is 0 Å². The van der Waals surface area contributed by atoms with Crippen LogP contribution < -0.4 is 0 Å².